The molecule has 4 N–H and O–H groups in total. The van der Waals surface area contributed by atoms with E-state index in [2.05, 4.69) is 31.9 Å². The standard InChI is InChI=1S/C28H28BrN3O9/c1-37-25-24(41-28(36)31-19-10-6-3-7-11-19)23(40-27(35)30-18-8-4-2-5-9-18)22(21(16-33)38-25)39-26(34)32-20-14-12-17(29)13-15-20/h2-15,21-25,33H,16H2,1H3,(H,30,35)(H,31,36)(H,32,34)/t21-,22-,23+,24+,25+/m1/s1. The summed E-state index contributed by atoms with van der Waals surface area (Å²) in [6.07, 6.45) is -9.58. The Bertz CT molecular complexity index is 1300. The van der Waals surface area contributed by atoms with Crippen molar-refractivity contribution in [3.63, 3.8) is 0 Å². The van der Waals surface area contributed by atoms with E-state index in [1.54, 1.807) is 84.9 Å². The van der Waals surface area contributed by atoms with E-state index < -0.39 is 55.6 Å². The Morgan fingerprint density at radius 3 is 1.61 bits per heavy atom. The molecular formula is C28H28BrN3O9. The molecule has 3 amide bonds. The number of rotatable bonds is 8. The molecule has 1 heterocycles. The van der Waals surface area contributed by atoms with Gasteiger partial charge in [0.15, 0.2) is 24.6 Å². The third-order valence-corrected chi connectivity index (χ3v) is 6.39. The molecule has 3 aromatic rings. The summed E-state index contributed by atoms with van der Waals surface area (Å²) in [5.41, 5.74) is 1.29. The number of aliphatic hydroxyl groups is 1. The van der Waals surface area contributed by atoms with Crippen molar-refractivity contribution in [1.82, 2.24) is 0 Å². The maximum atomic E-state index is 13.0. The predicted octanol–water partition coefficient (Wildman–Crippen LogP) is 4.96. The van der Waals surface area contributed by atoms with Crippen LogP contribution in [0.15, 0.2) is 89.4 Å². The Labute approximate surface area is 244 Å². The summed E-state index contributed by atoms with van der Waals surface area (Å²) in [6, 6.07) is 23.7. The zero-order chi connectivity index (χ0) is 29.2. The summed E-state index contributed by atoms with van der Waals surface area (Å²) in [5.74, 6) is 0. The number of aliphatic hydroxyl groups excluding tert-OH is 1. The molecule has 3 aromatic carbocycles. The summed E-state index contributed by atoms with van der Waals surface area (Å²) in [7, 11) is 1.28. The highest BCUT2D eigenvalue weighted by molar-refractivity contribution is 9.10. The Hall–Kier alpha value is -4.17. The lowest BCUT2D eigenvalue weighted by Gasteiger charge is -2.43. The first-order chi connectivity index (χ1) is 19.9. The van der Waals surface area contributed by atoms with Crippen LogP contribution in [0.1, 0.15) is 0 Å². The molecule has 216 valence electrons. The number of para-hydroxylation sites is 2. The van der Waals surface area contributed by atoms with Crippen LogP contribution >= 0.6 is 15.9 Å². The second kappa shape index (κ2) is 14.5. The van der Waals surface area contributed by atoms with E-state index in [1.165, 1.54) is 7.11 Å². The molecule has 0 bridgehead atoms. The van der Waals surface area contributed by atoms with Gasteiger partial charge in [-0.3, -0.25) is 16.0 Å². The molecule has 4 rings (SSSR count). The molecule has 1 fully saturated rings. The minimum absolute atomic E-state index is 0.416. The van der Waals surface area contributed by atoms with Crippen LogP contribution in [0, 0.1) is 0 Å². The van der Waals surface area contributed by atoms with Crippen LogP contribution in [0.25, 0.3) is 0 Å². The van der Waals surface area contributed by atoms with Gasteiger partial charge in [0, 0.05) is 28.6 Å². The molecule has 1 aliphatic heterocycles. The minimum Gasteiger partial charge on any atom is -0.439 e. The van der Waals surface area contributed by atoms with E-state index in [-0.39, 0.29) is 0 Å². The second-order valence-electron chi connectivity index (χ2n) is 8.68. The smallest absolute Gasteiger partial charge is 0.412 e. The number of halogens is 1. The first-order valence-corrected chi connectivity index (χ1v) is 13.2. The van der Waals surface area contributed by atoms with Gasteiger partial charge in [-0.15, -0.1) is 0 Å². The van der Waals surface area contributed by atoms with Gasteiger partial charge in [-0.1, -0.05) is 52.3 Å². The lowest BCUT2D eigenvalue weighted by Crippen LogP contribution is -2.63. The molecule has 12 nitrogen and oxygen atoms in total. The van der Waals surface area contributed by atoms with E-state index in [0.29, 0.717) is 17.1 Å². The Balaban J connectivity index is 1.58. The zero-order valence-corrected chi connectivity index (χ0v) is 23.4. The number of amides is 3. The molecule has 13 heteroatoms. The van der Waals surface area contributed by atoms with Crippen molar-refractivity contribution in [3.05, 3.63) is 89.4 Å². The van der Waals surface area contributed by atoms with Gasteiger partial charge in [0.1, 0.15) is 6.10 Å². The number of methoxy groups -OCH3 is 1. The molecule has 41 heavy (non-hydrogen) atoms. The van der Waals surface area contributed by atoms with Crippen LogP contribution in [-0.4, -0.2) is 67.8 Å². The number of anilines is 3. The number of ether oxygens (including phenoxy) is 5. The van der Waals surface area contributed by atoms with Crippen LogP contribution < -0.4 is 16.0 Å². The van der Waals surface area contributed by atoms with Crippen molar-refractivity contribution in [3.8, 4) is 0 Å². The third kappa shape index (κ3) is 8.41. The van der Waals surface area contributed by atoms with E-state index >= 15 is 0 Å². The topological polar surface area (TPSA) is 154 Å². The summed E-state index contributed by atoms with van der Waals surface area (Å²) in [5, 5.41) is 17.8. The number of nitrogens with one attached hydrogen (secondary N) is 3. The highest BCUT2D eigenvalue weighted by Gasteiger charge is 2.52. The summed E-state index contributed by atoms with van der Waals surface area (Å²) in [6.45, 7) is -0.640. The van der Waals surface area contributed by atoms with Crippen molar-refractivity contribution in [2.75, 3.05) is 29.7 Å². The van der Waals surface area contributed by atoms with Gasteiger partial charge >= 0.3 is 18.3 Å². The van der Waals surface area contributed by atoms with Gasteiger partial charge in [0.2, 0.25) is 0 Å². The third-order valence-electron chi connectivity index (χ3n) is 5.86. The number of carbonyl (C=O) groups is 3. The largest absolute Gasteiger partial charge is 0.439 e. The first kappa shape index (κ1) is 29.8. The van der Waals surface area contributed by atoms with Crippen LogP contribution in [0.2, 0.25) is 0 Å². The van der Waals surface area contributed by atoms with E-state index in [0.717, 1.165) is 4.47 Å². The van der Waals surface area contributed by atoms with Gasteiger partial charge in [-0.25, -0.2) is 14.4 Å². The normalized spacial score (nSPS) is 21.7. The van der Waals surface area contributed by atoms with Crippen molar-refractivity contribution >= 4 is 51.3 Å². The molecule has 0 saturated carbocycles. The fourth-order valence-electron chi connectivity index (χ4n) is 4.01. The molecule has 0 spiro atoms. The monoisotopic (exact) mass is 629 g/mol. The highest BCUT2D eigenvalue weighted by Crippen LogP contribution is 2.30. The maximum absolute atomic E-state index is 13.0. The first-order valence-electron chi connectivity index (χ1n) is 12.4. The van der Waals surface area contributed by atoms with Gasteiger partial charge in [0.25, 0.3) is 0 Å². The van der Waals surface area contributed by atoms with Gasteiger partial charge in [-0.05, 0) is 48.5 Å². The van der Waals surface area contributed by atoms with Crippen LogP contribution in [0.4, 0.5) is 31.4 Å². The Morgan fingerprint density at radius 1 is 0.707 bits per heavy atom. The molecule has 0 unspecified atom stereocenters. The number of hydrogen-bond acceptors (Lipinski definition) is 9. The molecule has 0 aromatic heterocycles. The zero-order valence-electron chi connectivity index (χ0n) is 21.8. The fourth-order valence-corrected chi connectivity index (χ4v) is 4.27. The molecular weight excluding hydrogens is 602 g/mol. The predicted molar refractivity (Wildman–Crippen MR) is 151 cm³/mol. The quantitative estimate of drug-likeness (QED) is 0.253. The summed E-state index contributed by atoms with van der Waals surface area (Å²) < 4.78 is 28.8. The van der Waals surface area contributed by atoms with Crippen LogP contribution in [0.3, 0.4) is 0 Å². The van der Waals surface area contributed by atoms with Crippen LogP contribution in [-0.2, 0) is 23.7 Å². The Morgan fingerprint density at radius 2 is 1.15 bits per heavy atom. The fraction of sp³-hybridized carbons (Fsp3) is 0.250. The van der Waals surface area contributed by atoms with Crippen molar-refractivity contribution in [2.45, 2.75) is 30.7 Å². The average molecular weight is 630 g/mol. The average Bonchev–Trinajstić information content (AvgIpc) is 2.97. The lowest BCUT2D eigenvalue weighted by molar-refractivity contribution is -0.290. The lowest BCUT2D eigenvalue weighted by atomic mass is 9.98. The number of benzene rings is 3. The van der Waals surface area contributed by atoms with E-state index in [1.807, 2.05) is 0 Å². The minimum atomic E-state index is -1.47. The summed E-state index contributed by atoms with van der Waals surface area (Å²) >= 11 is 3.32. The SMILES string of the molecule is CO[C@H]1O[C@H](CO)[C@@H](OC(=O)Nc2ccc(Br)cc2)[C@H](OC(=O)Nc2ccccc2)[C@@H]1OC(=O)Nc1ccccc1. The van der Waals surface area contributed by atoms with Gasteiger partial charge in [-0.2, -0.15) is 0 Å². The number of hydrogen-bond donors (Lipinski definition) is 4. The molecule has 1 saturated heterocycles. The number of carbonyl (C=O) groups excluding carboxylic acids is 3. The molecule has 5 atom stereocenters. The molecule has 0 radical (unpaired) electrons. The maximum Gasteiger partial charge on any atom is 0.412 e. The van der Waals surface area contributed by atoms with E-state index in [4.69, 9.17) is 23.7 Å². The molecule has 0 aliphatic carbocycles. The van der Waals surface area contributed by atoms with Crippen molar-refractivity contribution in [1.29, 1.82) is 0 Å². The highest BCUT2D eigenvalue weighted by atomic mass is 79.9. The van der Waals surface area contributed by atoms with Crippen molar-refractivity contribution in [2.24, 2.45) is 0 Å². The van der Waals surface area contributed by atoms with E-state index in [9.17, 15) is 19.5 Å². The Kier molecular flexibility index (Phi) is 10.5. The summed E-state index contributed by atoms with van der Waals surface area (Å²) in [4.78, 5) is 38.7. The second-order valence-corrected chi connectivity index (χ2v) is 9.60. The van der Waals surface area contributed by atoms with Crippen molar-refractivity contribution < 1.29 is 43.2 Å². The van der Waals surface area contributed by atoms with Gasteiger partial charge in [0.05, 0.1) is 6.61 Å². The molecule has 1 aliphatic rings. The van der Waals surface area contributed by atoms with Gasteiger partial charge < -0.3 is 28.8 Å². The van der Waals surface area contributed by atoms with Crippen LogP contribution in [0.5, 0.6) is 0 Å².